The van der Waals surface area contributed by atoms with Crippen LogP contribution in [0.3, 0.4) is 0 Å². The van der Waals surface area contributed by atoms with Crippen LogP contribution in [0.4, 0.5) is 11.5 Å². The van der Waals surface area contributed by atoms with Crippen molar-refractivity contribution in [2.24, 2.45) is 5.84 Å². The fourth-order valence-electron chi connectivity index (χ4n) is 1.27. The van der Waals surface area contributed by atoms with Gasteiger partial charge in [0, 0.05) is 6.20 Å². The molecule has 0 amide bonds. The van der Waals surface area contributed by atoms with E-state index in [-0.39, 0.29) is 16.5 Å². The van der Waals surface area contributed by atoms with Crippen LogP contribution in [0.2, 0.25) is 0 Å². The highest BCUT2D eigenvalue weighted by atomic mass is 79.9. The molecule has 0 aliphatic heterocycles. The summed E-state index contributed by atoms with van der Waals surface area (Å²) in [5.74, 6) is 5.32. The van der Waals surface area contributed by atoms with Crippen LogP contribution < -0.4 is 16.0 Å². The first kappa shape index (κ1) is 13.6. The van der Waals surface area contributed by atoms with Crippen molar-refractivity contribution in [3.05, 3.63) is 35.3 Å². The number of hydrazine groups is 1. The van der Waals surface area contributed by atoms with Crippen LogP contribution in [0.5, 0.6) is 0 Å². The monoisotopic (exact) mass is 344 g/mol. The van der Waals surface area contributed by atoms with Crippen molar-refractivity contribution in [3.8, 4) is 0 Å². The lowest BCUT2D eigenvalue weighted by molar-refractivity contribution is 0.597. The number of aromatic nitrogens is 3. The maximum Gasteiger partial charge on any atom is 0.282 e. The Morgan fingerprint density at radius 2 is 2.00 bits per heavy atom. The highest BCUT2D eigenvalue weighted by molar-refractivity contribution is 9.10. The first-order valence-electron chi connectivity index (χ1n) is 4.95. The molecule has 19 heavy (non-hydrogen) atoms. The van der Waals surface area contributed by atoms with E-state index in [1.54, 1.807) is 6.07 Å². The number of pyridine rings is 1. The number of anilines is 2. The first-order chi connectivity index (χ1) is 9.03. The Morgan fingerprint density at radius 3 is 2.63 bits per heavy atom. The number of halogens is 1. The quantitative estimate of drug-likeness (QED) is 0.551. The molecule has 0 aliphatic rings. The third-order valence-electron chi connectivity index (χ3n) is 2.04. The predicted molar refractivity (Wildman–Crippen MR) is 72.6 cm³/mol. The molecule has 2 aromatic rings. The molecular formula is C9H9BrN6O2S. The minimum atomic E-state index is -3.89. The number of nitrogens with zero attached hydrogens (tertiary/aromatic N) is 3. The van der Waals surface area contributed by atoms with Gasteiger partial charge in [0.15, 0.2) is 5.82 Å². The summed E-state index contributed by atoms with van der Waals surface area (Å²) in [6.07, 6.45) is 4.00. The van der Waals surface area contributed by atoms with Crippen LogP contribution >= 0.6 is 15.9 Å². The zero-order valence-electron chi connectivity index (χ0n) is 9.41. The SMILES string of the molecule is NNc1cccnc1S(=O)(=O)Nc1cnc(Br)cn1. The van der Waals surface area contributed by atoms with Crippen molar-refractivity contribution >= 4 is 37.5 Å². The van der Waals surface area contributed by atoms with E-state index in [0.717, 1.165) is 0 Å². The van der Waals surface area contributed by atoms with Crippen LogP contribution in [0.15, 0.2) is 40.4 Å². The fourth-order valence-corrected chi connectivity index (χ4v) is 2.56. The van der Waals surface area contributed by atoms with Crippen LogP contribution in [0.25, 0.3) is 0 Å². The van der Waals surface area contributed by atoms with Gasteiger partial charge in [0.1, 0.15) is 4.60 Å². The lowest BCUT2D eigenvalue weighted by atomic mass is 10.4. The Balaban J connectivity index is 2.35. The average molecular weight is 345 g/mol. The molecule has 0 aliphatic carbocycles. The number of nitrogens with one attached hydrogen (secondary N) is 2. The van der Waals surface area contributed by atoms with E-state index in [9.17, 15) is 8.42 Å². The Labute approximate surface area is 117 Å². The zero-order chi connectivity index (χ0) is 13.9. The van der Waals surface area contributed by atoms with Crippen LogP contribution in [-0.2, 0) is 10.0 Å². The maximum atomic E-state index is 12.1. The molecule has 0 atom stereocenters. The molecule has 0 saturated carbocycles. The average Bonchev–Trinajstić information content (AvgIpc) is 2.41. The van der Waals surface area contributed by atoms with E-state index in [1.807, 2.05) is 0 Å². The van der Waals surface area contributed by atoms with Gasteiger partial charge >= 0.3 is 0 Å². The third kappa shape index (κ3) is 3.16. The second kappa shape index (κ2) is 5.47. The largest absolute Gasteiger partial charge is 0.321 e. The lowest BCUT2D eigenvalue weighted by Crippen LogP contribution is -2.19. The molecule has 0 spiro atoms. The van der Waals surface area contributed by atoms with E-state index in [2.05, 4.69) is 41.0 Å². The van der Waals surface area contributed by atoms with Gasteiger partial charge in [-0.2, -0.15) is 8.42 Å². The Morgan fingerprint density at radius 1 is 1.21 bits per heavy atom. The summed E-state index contributed by atoms with van der Waals surface area (Å²) in [7, 11) is -3.89. The molecule has 0 saturated heterocycles. The second-order valence-corrected chi connectivity index (χ2v) is 5.74. The van der Waals surface area contributed by atoms with E-state index < -0.39 is 10.0 Å². The van der Waals surface area contributed by atoms with E-state index in [0.29, 0.717) is 4.60 Å². The highest BCUT2D eigenvalue weighted by Crippen LogP contribution is 2.19. The van der Waals surface area contributed by atoms with E-state index in [4.69, 9.17) is 5.84 Å². The molecule has 8 nitrogen and oxygen atoms in total. The Kier molecular flexibility index (Phi) is 3.93. The van der Waals surface area contributed by atoms with Crippen molar-refractivity contribution in [1.82, 2.24) is 15.0 Å². The molecular weight excluding hydrogens is 336 g/mol. The predicted octanol–water partition coefficient (Wildman–Crippen LogP) is 0.720. The molecule has 2 rings (SSSR count). The summed E-state index contributed by atoms with van der Waals surface area (Å²) < 4.78 is 27.0. The number of nitrogen functional groups attached to an aromatic ring is 1. The minimum absolute atomic E-state index is 0.0804. The van der Waals surface area contributed by atoms with E-state index in [1.165, 1.54) is 24.7 Å². The van der Waals surface area contributed by atoms with E-state index >= 15 is 0 Å². The smallest absolute Gasteiger partial charge is 0.282 e. The molecule has 100 valence electrons. The van der Waals surface area contributed by atoms with Crippen LogP contribution in [0.1, 0.15) is 0 Å². The zero-order valence-corrected chi connectivity index (χ0v) is 11.8. The van der Waals surface area contributed by atoms with Gasteiger partial charge in [0.2, 0.25) is 5.03 Å². The summed E-state index contributed by atoms with van der Waals surface area (Å²) in [6.45, 7) is 0. The summed E-state index contributed by atoms with van der Waals surface area (Å²) >= 11 is 3.10. The van der Waals surface area contributed by atoms with Gasteiger partial charge in [-0.15, -0.1) is 0 Å². The number of hydrogen-bond donors (Lipinski definition) is 3. The van der Waals surface area contributed by atoms with Crippen molar-refractivity contribution < 1.29 is 8.42 Å². The molecule has 0 bridgehead atoms. The van der Waals surface area contributed by atoms with Gasteiger partial charge in [-0.25, -0.2) is 15.0 Å². The van der Waals surface area contributed by atoms with Crippen molar-refractivity contribution in [2.75, 3.05) is 10.1 Å². The number of hydrogen-bond acceptors (Lipinski definition) is 7. The highest BCUT2D eigenvalue weighted by Gasteiger charge is 2.20. The molecule has 0 aromatic carbocycles. The molecule has 0 radical (unpaired) electrons. The molecule has 4 N–H and O–H groups in total. The molecule has 10 heteroatoms. The molecule has 2 aromatic heterocycles. The number of rotatable bonds is 4. The minimum Gasteiger partial charge on any atom is -0.321 e. The van der Waals surface area contributed by atoms with Gasteiger partial charge in [-0.05, 0) is 28.1 Å². The standard InChI is InChI=1S/C9H9BrN6O2S/c10-7-4-14-8(5-13-7)16-19(17,18)9-6(15-11)2-1-3-12-9/h1-5,15H,11H2,(H,14,16). The fraction of sp³-hybridized carbons (Fsp3) is 0. The summed E-state index contributed by atoms with van der Waals surface area (Å²) in [5, 5.41) is -0.220. The van der Waals surface area contributed by atoms with Gasteiger partial charge in [-0.3, -0.25) is 10.6 Å². The van der Waals surface area contributed by atoms with Crippen LogP contribution in [-0.4, -0.2) is 23.4 Å². The number of sulfonamides is 1. The summed E-state index contributed by atoms with van der Waals surface area (Å²) in [6, 6.07) is 3.06. The van der Waals surface area contributed by atoms with Gasteiger partial charge < -0.3 is 5.43 Å². The van der Waals surface area contributed by atoms with Gasteiger partial charge in [0.25, 0.3) is 10.0 Å². The van der Waals surface area contributed by atoms with Gasteiger partial charge in [-0.1, -0.05) is 0 Å². The van der Waals surface area contributed by atoms with Crippen LogP contribution in [0, 0.1) is 0 Å². The van der Waals surface area contributed by atoms with Gasteiger partial charge in [0.05, 0.1) is 18.1 Å². The third-order valence-corrected chi connectivity index (χ3v) is 3.76. The molecule has 0 unspecified atom stereocenters. The molecule has 2 heterocycles. The maximum absolute atomic E-state index is 12.1. The summed E-state index contributed by atoms with van der Waals surface area (Å²) in [5.41, 5.74) is 2.45. The Hall–Kier alpha value is -1.78. The lowest BCUT2D eigenvalue weighted by Gasteiger charge is -2.09. The topological polar surface area (TPSA) is 123 Å². The summed E-state index contributed by atoms with van der Waals surface area (Å²) in [4.78, 5) is 11.5. The second-order valence-electron chi connectivity index (χ2n) is 3.33. The normalized spacial score (nSPS) is 11.1. The van der Waals surface area contributed by atoms with Crippen molar-refractivity contribution in [2.45, 2.75) is 5.03 Å². The van der Waals surface area contributed by atoms with Crippen molar-refractivity contribution in [1.29, 1.82) is 0 Å². The Bertz CT molecular complexity index is 675. The van der Waals surface area contributed by atoms with Crippen molar-refractivity contribution in [3.63, 3.8) is 0 Å². The first-order valence-corrected chi connectivity index (χ1v) is 7.22. The molecule has 0 fully saturated rings. The number of nitrogens with two attached hydrogens (primary N) is 1.